The average molecular weight is 382 g/mol. The van der Waals surface area contributed by atoms with Gasteiger partial charge in [-0.2, -0.15) is 4.98 Å². The zero-order valence-electron chi connectivity index (χ0n) is 16.0. The van der Waals surface area contributed by atoms with Crippen molar-refractivity contribution in [1.82, 2.24) is 10.1 Å². The van der Waals surface area contributed by atoms with E-state index >= 15 is 0 Å². The lowest BCUT2D eigenvalue weighted by Crippen LogP contribution is -2.21. The molecule has 0 saturated heterocycles. The second-order valence-corrected chi connectivity index (χ2v) is 6.26. The molecule has 0 unspecified atom stereocenters. The highest BCUT2D eigenvalue weighted by atomic mass is 19.1. The average Bonchev–Trinajstić information content (AvgIpc) is 3.18. The van der Waals surface area contributed by atoms with Crippen molar-refractivity contribution in [2.45, 2.75) is 26.7 Å². The molecule has 0 saturated carbocycles. The van der Waals surface area contributed by atoms with Crippen LogP contribution in [0.3, 0.4) is 0 Å². The Morgan fingerprint density at radius 1 is 1.11 bits per heavy atom. The Hall–Kier alpha value is -3.22. The molecule has 3 aromatic rings. The van der Waals surface area contributed by atoms with Crippen LogP contribution in [-0.2, 0) is 11.2 Å². The van der Waals surface area contributed by atoms with Crippen LogP contribution >= 0.6 is 0 Å². The second-order valence-electron chi connectivity index (χ2n) is 6.26. The lowest BCUT2D eigenvalue weighted by Gasteiger charge is -2.21. The van der Waals surface area contributed by atoms with Gasteiger partial charge in [0.1, 0.15) is 5.82 Å². The number of carbonyl (C=O) groups excluding carboxylic acids is 1. The molecule has 146 valence electrons. The Labute approximate surface area is 163 Å². The van der Waals surface area contributed by atoms with E-state index in [-0.39, 0.29) is 30.1 Å². The molecule has 3 rings (SSSR count). The summed E-state index contributed by atoms with van der Waals surface area (Å²) in [5.74, 6) is -0.0900. The van der Waals surface area contributed by atoms with Gasteiger partial charge < -0.3 is 14.7 Å². The molecule has 28 heavy (non-hydrogen) atoms. The van der Waals surface area contributed by atoms with Crippen LogP contribution in [0.4, 0.5) is 15.8 Å². The number of rotatable bonds is 8. The first-order valence-electron chi connectivity index (χ1n) is 9.33. The molecular formula is C21H23FN4O2. The Balaban J connectivity index is 1.54. The lowest BCUT2D eigenvalue weighted by atomic mass is 10.2. The highest BCUT2D eigenvalue weighted by Gasteiger charge is 2.13. The number of amides is 1. The van der Waals surface area contributed by atoms with E-state index in [0.29, 0.717) is 5.89 Å². The summed E-state index contributed by atoms with van der Waals surface area (Å²) in [6, 6.07) is 14.0. The topological polar surface area (TPSA) is 71.3 Å². The summed E-state index contributed by atoms with van der Waals surface area (Å²) in [6.07, 6.45) is 0.474. The Kier molecular flexibility index (Phi) is 6.37. The van der Waals surface area contributed by atoms with Gasteiger partial charge in [0.2, 0.25) is 17.6 Å². The molecule has 6 nitrogen and oxygen atoms in total. The van der Waals surface area contributed by atoms with Crippen molar-refractivity contribution in [3.63, 3.8) is 0 Å². The standard InChI is InChI=1S/C21H23FN4O2/c1-3-26(4-2)16-11-9-15(10-12-16)23-19(27)13-14-20-24-21(25-28-20)17-7-5-6-8-18(17)22/h5-12H,3-4,13-14H2,1-2H3,(H,23,27). The molecule has 0 aliphatic carbocycles. The summed E-state index contributed by atoms with van der Waals surface area (Å²) in [5, 5.41) is 6.64. The van der Waals surface area contributed by atoms with E-state index in [0.717, 1.165) is 24.5 Å². The fourth-order valence-corrected chi connectivity index (χ4v) is 2.90. The van der Waals surface area contributed by atoms with Crippen LogP contribution in [0.25, 0.3) is 11.4 Å². The van der Waals surface area contributed by atoms with Gasteiger partial charge in [0.15, 0.2) is 0 Å². The molecule has 0 aliphatic rings. The number of hydrogen-bond acceptors (Lipinski definition) is 5. The van der Waals surface area contributed by atoms with E-state index in [2.05, 4.69) is 34.2 Å². The molecule has 0 fully saturated rings. The molecule has 2 aromatic carbocycles. The zero-order valence-corrected chi connectivity index (χ0v) is 16.0. The Bertz CT molecular complexity index is 920. The van der Waals surface area contributed by atoms with Crippen LogP contribution in [0.15, 0.2) is 53.1 Å². The van der Waals surface area contributed by atoms with Gasteiger partial charge in [-0.25, -0.2) is 4.39 Å². The summed E-state index contributed by atoms with van der Waals surface area (Å²) in [6.45, 7) is 6.07. The first-order valence-corrected chi connectivity index (χ1v) is 9.33. The van der Waals surface area contributed by atoms with Crippen LogP contribution in [0.2, 0.25) is 0 Å². The number of hydrogen-bond donors (Lipinski definition) is 1. The quantitative estimate of drug-likeness (QED) is 0.629. The number of nitrogens with zero attached hydrogens (tertiary/aromatic N) is 3. The molecule has 0 atom stereocenters. The second kappa shape index (κ2) is 9.12. The number of aryl methyl sites for hydroxylation is 1. The predicted molar refractivity (Wildman–Crippen MR) is 107 cm³/mol. The summed E-state index contributed by atoms with van der Waals surface area (Å²) in [7, 11) is 0. The molecule has 1 N–H and O–H groups in total. The highest BCUT2D eigenvalue weighted by Crippen LogP contribution is 2.20. The molecule has 7 heteroatoms. The first kappa shape index (κ1) is 19.5. The fraction of sp³-hybridized carbons (Fsp3) is 0.286. The highest BCUT2D eigenvalue weighted by molar-refractivity contribution is 5.90. The maximum atomic E-state index is 13.8. The van der Waals surface area contributed by atoms with Gasteiger partial charge in [0.05, 0.1) is 5.56 Å². The van der Waals surface area contributed by atoms with Gasteiger partial charge >= 0.3 is 0 Å². The number of benzene rings is 2. The minimum atomic E-state index is -0.416. The molecule has 1 amide bonds. The monoisotopic (exact) mass is 382 g/mol. The molecular weight excluding hydrogens is 359 g/mol. The Morgan fingerprint density at radius 3 is 2.50 bits per heavy atom. The van der Waals surface area contributed by atoms with E-state index in [9.17, 15) is 9.18 Å². The molecule has 0 bridgehead atoms. The van der Waals surface area contributed by atoms with Gasteiger partial charge in [0, 0.05) is 37.3 Å². The molecule has 0 spiro atoms. The van der Waals surface area contributed by atoms with Crippen molar-refractivity contribution in [2.24, 2.45) is 0 Å². The van der Waals surface area contributed by atoms with Gasteiger partial charge in [0.25, 0.3) is 0 Å². The smallest absolute Gasteiger partial charge is 0.227 e. The van der Waals surface area contributed by atoms with E-state index < -0.39 is 5.82 Å². The summed E-state index contributed by atoms with van der Waals surface area (Å²) < 4.78 is 18.9. The van der Waals surface area contributed by atoms with Gasteiger partial charge in [-0.3, -0.25) is 4.79 Å². The maximum absolute atomic E-state index is 13.8. The number of anilines is 2. The van der Waals surface area contributed by atoms with Crippen LogP contribution in [0, 0.1) is 5.82 Å². The number of halogens is 1. The lowest BCUT2D eigenvalue weighted by molar-refractivity contribution is -0.116. The van der Waals surface area contributed by atoms with Crippen LogP contribution in [0.5, 0.6) is 0 Å². The van der Waals surface area contributed by atoms with Gasteiger partial charge in [-0.05, 0) is 50.2 Å². The third-order valence-electron chi connectivity index (χ3n) is 4.43. The van der Waals surface area contributed by atoms with Crippen molar-refractivity contribution in [3.8, 4) is 11.4 Å². The summed E-state index contributed by atoms with van der Waals surface area (Å²) in [5.41, 5.74) is 2.13. The first-order chi connectivity index (χ1) is 13.6. The largest absolute Gasteiger partial charge is 0.372 e. The van der Waals surface area contributed by atoms with E-state index in [1.807, 2.05) is 24.3 Å². The third-order valence-corrected chi connectivity index (χ3v) is 4.43. The van der Waals surface area contributed by atoms with Crippen molar-refractivity contribution < 1.29 is 13.7 Å². The summed E-state index contributed by atoms with van der Waals surface area (Å²) >= 11 is 0. The van der Waals surface area contributed by atoms with E-state index in [4.69, 9.17) is 4.52 Å². The zero-order chi connectivity index (χ0) is 19.9. The Morgan fingerprint density at radius 2 is 1.82 bits per heavy atom. The molecule has 0 aliphatic heterocycles. The minimum absolute atomic E-state index is 0.152. The number of nitrogens with one attached hydrogen (secondary N) is 1. The summed E-state index contributed by atoms with van der Waals surface area (Å²) in [4.78, 5) is 18.6. The van der Waals surface area contributed by atoms with Crippen molar-refractivity contribution >= 4 is 17.3 Å². The van der Waals surface area contributed by atoms with E-state index in [1.165, 1.54) is 6.07 Å². The van der Waals surface area contributed by atoms with Gasteiger partial charge in [-0.1, -0.05) is 17.3 Å². The normalized spacial score (nSPS) is 10.7. The maximum Gasteiger partial charge on any atom is 0.227 e. The van der Waals surface area contributed by atoms with Crippen LogP contribution in [-0.4, -0.2) is 29.1 Å². The third kappa shape index (κ3) is 4.73. The molecule has 1 aromatic heterocycles. The SMILES string of the molecule is CCN(CC)c1ccc(NC(=O)CCc2nc(-c3ccccc3F)no2)cc1. The molecule has 0 radical (unpaired) electrons. The fourth-order valence-electron chi connectivity index (χ4n) is 2.90. The van der Waals surface area contributed by atoms with Crippen molar-refractivity contribution in [1.29, 1.82) is 0 Å². The minimum Gasteiger partial charge on any atom is -0.372 e. The van der Waals surface area contributed by atoms with E-state index in [1.54, 1.807) is 18.2 Å². The van der Waals surface area contributed by atoms with Crippen LogP contribution in [0.1, 0.15) is 26.2 Å². The number of carbonyl (C=O) groups is 1. The molecule has 1 heterocycles. The predicted octanol–water partition coefficient (Wildman–Crippen LogP) is 4.29. The van der Waals surface area contributed by atoms with Gasteiger partial charge in [-0.15, -0.1) is 0 Å². The number of aromatic nitrogens is 2. The van der Waals surface area contributed by atoms with Crippen molar-refractivity contribution in [2.75, 3.05) is 23.3 Å². The van der Waals surface area contributed by atoms with Crippen molar-refractivity contribution in [3.05, 3.63) is 60.2 Å². The van der Waals surface area contributed by atoms with Crippen LogP contribution < -0.4 is 10.2 Å².